The van der Waals surface area contributed by atoms with Crippen LogP contribution in [0.25, 0.3) is 0 Å². The molecule has 0 saturated carbocycles. The van der Waals surface area contributed by atoms with E-state index in [1.807, 2.05) is 24.3 Å². The Morgan fingerprint density at radius 1 is 1.04 bits per heavy atom. The van der Waals surface area contributed by atoms with Crippen LogP contribution in [0.1, 0.15) is 30.9 Å². The summed E-state index contributed by atoms with van der Waals surface area (Å²) in [6.45, 7) is 4.66. The lowest BCUT2D eigenvalue weighted by atomic mass is 10.0. The van der Waals surface area contributed by atoms with Gasteiger partial charge in [-0.05, 0) is 35.7 Å². The minimum atomic E-state index is 0.336. The third-order valence-corrected chi connectivity index (χ3v) is 4.03. The maximum Gasteiger partial charge on any atom is 0.203 e. The van der Waals surface area contributed by atoms with Gasteiger partial charge in [0.1, 0.15) is 0 Å². The largest absolute Gasteiger partial charge is 0.493 e. The van der Waals surface area contributed by atoms with Gasteiger partial charge in [-0.15, -0.1) is 0 Å². The van der Waals surface area contributed by atoms with Crippen LogP contribution in [0.5, 0.6) is 17.2 Å². The van der Waals surface area contributed by atoms with E-state index in [4.69, 9.17) is 19.9 Å². The molecule has 0 unspecified atom stereocenters. The second kappa shape index (κ2) is 8.99. The molecule has 0 saturated heterocycles. The van der Waals surface area contributed by atoms with Crippen LogP contribution < -0.4 is 25.3 Å². The number of hydrogen-bond acceptors (Lipinski definition) is 4. The van der Waals surface area contributed by atoms with E-state index < -0.39 is 0 Å². The second-order valence-corrected chi connectivity index (χ2v) is 6.10. The molecule has 2 rings (SSSR count). The number of rotatable bonds is 7. The first-order chi connectivity index (χ1) is 12.5. The van der Waals surface area contributed by atoms with Gasteiger partial charge in [-0.1, -0.05) is 26.0 Å². The van der Waals surface area contributed by atoms with Gasteiger partial charge in [0.05, 0.1) is 27.9 Å². The Labute approximate surface area is 155 Å². The highest BCUT2D eigenvalue weighted by atomic mass is 16.5. The second-order valence-electron chi connectivity index (χ2n) is 6.10. The molecule has 3 N–H and O–H groups in total. The first-order valence-electron chi connectivity index (χ1n) is 8.44. The monoisotopic (exact) mass is 357 g/mol. The third-order valence-electron chi connectivity index (χ3n) is 4.03. The predicted octanol–water partition coefficient (Wildman–Crippen LogP) is 3.76. The van der Waals surface area contributed by atoms with Gasteiger partial charge in [0, 0.05) is 11.3 Å². The predicted molar refractivity (Wildman–Crippen MR) is 106 cm³/mol. The number of benzene rings is 2. The van der Waals surface area contributed by atoms with E-state index >= 15 is 0 Å². The van der Waals surface area contributed by atoms with E-state index in [1.54, 1.807) is 21.3 Å². The number of ether oxygens (including phenoxy) is 3. The van der Waals surface area contributed by atoms with E-state index in [0.717, 1.165) is 11.3 Å². The Kier molecular flexibility index (Phi) is 6.72. The quantitative estimate of drug-likeness (QED) is 0.583. The molecule has 0 atom stereocenters. The van der Waals surface area contributed by atoms with Crippen molar-refractivity contribution in [2.24, 2.45) is 10.7 Å². The number of aliphatic imine (C=N–C) groups is 1. The Morgan fingerprint density at radius 2 is 1.77 bits per heavy atom. The highest BCUT2D eigenvalue weighted by Crippen LogP contribution is 2.39. The van der Waals surface area contributed by atoms with Crippen LogP contribution in [0.15, 0.2) is 41.4 Å². The normalized spacial score (nSPS) is 11.4. The topological polar surface area (TPSA) is 78.1 Å². The van der Waals surface area contributed by atoms with E-state index in [9.17, 15) is 0 Å². The molecule has 0 aliphatic carbocycles. The molecule has 2 aromatic carbocycles. The van der Waals surface area contributed by atoms with Crippen molar-refractivity contribution in [1.29, 1.82) is 0 Å². The molecule has 0 radical (unpaired) electrons. The maximum atomic E-state index is 6.04. The zero-order chi connectivity index (χ0) is 19.1. The van der Waals surface area contributed by atoms with Crippen LogP contribution in [0.2, 0.25) is 0 Å². The Bertz CT molecular complexity index is 773. The molecule has 0 aliphatic heterocycles. The number of guanidine groups is 1. The fourth-order valence-corrected chi connectivity index (χ4v) is 2.62. The van der Waals surface area contributed by atoms with Crippen LogP contribution in [-0.2, 0) is 6.54 Å². The lowest BCUT2D eigenvalue weighted by Crippen LogP contribution is -2.22. The maximum absolute atomic E-state index is 6.04. The molecule has 2 aromatic rings. The SMILES string of the molecule is COc1ccc(CN=C(N)Nc2cccc(C(C)C)c2)c(OC)c1OC. The van der Waals surface area contributed by atoms with Gasteiger partial charge in [0.15, 0.2) is 17.5 Å². The molecule has 140 valence electrons. The molecule has 6 nitrogen and oxygen atoms in total. The fourth-order valence-electron chi connectivity index (χ4n) is 2.62. The number of anilines is 1. The van der Waals surface area contributed by atoms with Crippen LogP contribution in [0.4, 0.5) is 5.69 Å². The van der Waals surface area contributed by atoms with Gasteiger partial charge >= 0.3 is 0 Å². The van der Waals surface area contributed by atoms with Crippen LogP contribution in [0, 0.1) is 0 Å². The minimum absolute atomic E-state index is 0.336. The summed E-state index contributed by atoms with van der Waals surface area (Å²) in [6, 6.07) is 11.8. The molecule has 0 heterocycles. The van der Waals surface area contributed by atoms with E-state index in [1.165, 1.54) is 5.56 Å². The van der Waals surface area contributed by atoms with Gasteiger partial charge in [0.2, 0.25) is 5.75 Å². The number of methoxy groups -OCH3 is 3. The molecule has 0 aliphatic rings. The number of nitrogens with zero attached hydrogens (tertiary/aromatic N) is 1. The summed E-state index contributed by atoms with van der Waals surface area (Å²) >= 11 is 0. The summed E-state index contributed by atoms with van der Waals surface area (Å²) in [5.41, 5.74) is 9.05. The van der Waals surface area contributed by atoms with Crippen molar-refractivity contribution >= 4 is 11.6 Å². The molecule has 26 heavy (non-hydrogen) atoms. The molecular weight excluding hydrogens is 330 g/mol. The standard InChI is InChI=1S/C20H27N3O3/c1-13(2)14-7-6-8-16(11-14)23-20(21)22-12-15-9-10-17(24-3)19(26-5)18(15)25-4/h6-11,13H,12H2,1-5H3,(H3,21,22,23). The van der Waals surface area contributed by atoms with Gasteiger partial charge in [-0.3, -0.25) is 0 Å². The van der Waals surface area contributed by atoms with E-state index in [0.29, 0.717) is 35.7 Å². The number of hydrogen-bond donors (Lipinski definition) is 2. The molecule has 0 spiro atoms. The van der Waals surface area contributed by atoms with Crippen LogP contribution in [0.3, 0.4) is 0 Å². The zero-order valence-corrected chi connectivity index (χ0v) is 16.0. The van der Waals surface area contributed by atoms with Gasteiger partial charge in [0.25, 0.3) is 0 Å². The van der Waals surface area contributed by atoms with Crippen molar-refractivity contribution < 1.29 is 14.2 Å². The summed E-state index contributed by atoms with van der Waals surface area (Å²) in [4.78, 5) is 4.41. The molecule has 0 amide bonds. The lowest BCUT2D eigenvalue weighted by Gasteiger charge is -2.15. The van der Waals surface area contributed by atoms with Gasteiger partial charge in [-0.25, -0.2) is 4.99 Å². The molecular formula is C20H27N3O3. The Hall–Kier alpha value is -2.89. The fraction of sp³-hybridized carbons (Fsp3) is 0.350. The minimum Gasteiger partial charge on any atom is -0.493 e. The molecule has 0 bridgehead atoms. The van der Waals surface area contributed by atoms with Crippen LogP contribution >= 0.6 is 0 Å². The van der Waals surface area contributed by atoms with E-state index in [2.05, 4.69) is 36.3 Å². The van der Waals surface area contributed by atoms with Crippen LogP contribution in [-0.4, -0.2) is 27.3 Å². The summed E-state index contributed by atoms with van der Waals surface area (Å²) in [6.07, 6.45) is 0. The van der Waals surface area contributed by atoms with Crippen molar-refractivity contribution in [1.82, 2.24) is 0 Å². The van der Waals surface area contributed by atoms with Crippen molar-refractivity contribution in [3.8, 4) is 17.2 Å². The average molecular weight is 357 g/mol. The lowest BCUT2D eigenvalue weighted by molar-refractivity contribution is 0.322. The molecule has 6 heteroatoms. The van der Waals surface area contributed by atoms with E-state index in [-0.39, 0.29) is 0 Å². The van der Waals surface area contributed by atoms with Crippen molar-refractivity contribution in [3.63, 3.8) is 0 Å². The van der Waals surface area contributed by atoms with Gasteiger partial charge in [-0.2, -0.15) is 0 Å². The summed E-state index contributed by atoms with van der Waals surface area (Å²) < 4.78 is 16.1. The summed E-state index contributed by atoms with van der Waals surface area (Å²) in [5, 5.41) is 3.13. The first-order valence-corrected chi connectivity index (χ1v) is 8.44. The average Bonchev–Trinajstić information content (AvgIpc) is 2.65. The highest BCUT2D eigenvalue weighted by Gasteiger charge is 2.15. The summed E-state index contributed by atoms with van der Waals surface area (Å²) in [7, 11) is 4.75. The molecule has 0 aromatic heterocycles. The third kappa shape index (κ3) is 4.59. The number of nitrogens with one attached hydrogen (secondary N) is 1. The highest BCUT2D eigenvalue weighted by molar-refractivity contribution is 5.92. The Balaban J connectivity index is 2.17. The van der Waals surface area contributed by atoms with Crippen molar-refractivity contribution in [2.75, 3.05) is 26.6 Å². The first kappa shape index (κ1) is 19.4. The van der Waals surface area contributed by atoms with Gasteiger partial charge < -0.3 is 25.3 Å². The van der Waals surface area contributed by atoms with Crippen molar-refractivity contribution in [2.45, 2.75) is 26.3 Å². The summed E-state index contributed by atoms with van der Waals surface area (Å²) in [5.74, 6) is 2.52. The Morgan fingerprint density at radius 3 is 2.38 bits per heavy atom. The number of nitrogens with two attached hydrogens (primary N) is 1. The van der Waals surface area contributed by atoms with Crippen molar-refractivity contribution in [3.05, 3.63) is 47.5 Å². The molecule has 0 fully saturated rings. The smallest absolute Gasteiger partial charge is 0.203 e. The zero-order valence-electron chi connectivity index (χ0n) is 16.0.